The number of ether oxygens (including phenoxy) is 1. The molecule has 0 heterocycles. The van der Waals surface area contributed by atoms with Crippen molar-refractivity contribution in [3.63, 3.8) is 0 Å². The number of nitrogens with zero attached hydrogens (tertiary/aromatic N) is 2. The molecule has 1 unspecified atom stereocenters. The zero-order chi connectivity index (χ0) is 25.3. The lowest BCUT2D eigenvalue weighted by atomic mass is 10.1. The highest BCUT2D eigenvalue weighted by Crippen LogP contribution is 2.31. The average Bonchev–Trinajstić information content (AvgIpc) is 2.80. The molecule has 9 heteroatoms. The topological polar surface area (TPSA) is 96.0 Å². The molecule has 0 fully saturated rings. The van der Waals surface area contributed by atoms with E-state index in [-0.39, 0.29) is 18.1 Å². The van der Waals surface area contributed by atoms with Crippen molar-refractivity contribution in [2.75, 3.05) is 30.8 Å². The van der Waals surface area contributed by atoms with Gasteiger partial charge < -0.3 is 15.0 Å². The highest BCUT2D eigenvalue weighted by molar-refractivity contribution is 7.92. The van der Waals surface area contributed by atoms with Crippen LogP contribution in [0.5, 0.6) is 5.75 Å². The number of benzene rings is 2. The van der Waals surface area contributed by atoms with Crippen LogP contribution in [0.15, 0.2) is 48.5 Å². The monoisotopic (exact) mass is 489 g/mol. The third-order valence-corrected chi connectivity index (χ3v) is 6.54. The van der Waals surface area contributed by atoms with E-state index in [2.05, 4.69) is 5.32 Å². The number of methoxy groups -OCH3 is 1. The summed E-state index contributed by atoms with van der Waals surface area (Å²) >= 11 is 0. The number of rotatable bonds is 12. The summed E-state index contributed by atoms with van der Waals surface area (Å²) in [6.45, 7) is 5.84. The molecule has 2 rings (SSSR count). The lowest BCUT2D eigenvalue weighted by molar-refractivity contribution is -0.140. The fourth-order valence-electron chi connectivity index (χ4n) is 3.66. The summed E-state index contributed by atoms with van der Waals surface area (Å²) in [5, 5.41) is 2.86. The molecule has 0 aromatic heterocycles. The van der Waals surface area contributed by atoms with Crippen LogP contribution in [0.3, 0.4) is 0 Å². The Kier molecular flexibility index (Phi) is 9.92. The summed E-state index contributed by atoms with van der Waals surface area (Å²) in [6.07, 6.45) is 2.21. The van der Waals surface area contributed by atoms with E-state index in [4.69, 9.17) is 4.74 Å². The van der Waals surface area contributed by atoms with Crippen LogP contribution < -0.4 is 14.4 Å². The summed E-state index contributed by atoms with van der Waals surface area (Å²) in [5.74, 6) is -0.393. The smallest absolute Gasteiger partial charge is 0.244 e. The van der Waals surface area contributed by atoms with Crippen LogP contribution >= 0.6 is 0 Å². The van der Waals surface area contributed by atoms with Gasteiger partial charge in [0.25, 0.3) is 0 Å². The number of nitrogens with one attached hydrogen (secondary N) is 1. The highest BCUT2D eigenvalue weighted by Gasteiger charge is 2.32. The van der Waals surface area contributed by atoms with E-state index in [9.17, 15) is 18.0 Å². The molecule has 0 aliphatic carbocycles. The van der Waals surface area contributed by atoms with E-state index in [1.807, 2.05) is 51.1 Å². The van der Waals surface area contributed by atoms with Crippen molar-refractivity contribution < 1.29 is 22.7 Å². The molecule has 2 aromatic carbocycles. The fraction of sp³-hybridized carbons (Fsp3) is 0.440. The van der Waals surface area contributed by atoms with Crippen molar-refractivity contribution in [3.8, 4) is 5.75 Å². The number of carbonyl (C=O) groups excluding carboxylic acids is 2. The van der Waals surface area contributed by atoms with Gasteiger partial charge in [0.15, 0.2) is 0 Å². The second-order valence-electron chi connectivity index (χ2n) is 8.17. The third-order valence-electron chi connectivity index (χ3n) is 5.41. The Morgan fingerprint density at radius 3 is 2.32 bits per heavy atom. The van der Waals surface area contributed by atoms with Crippen LogP contribution in [0.2, 0.25) is 0 Å². The van der Waals surface area contributed by atoms with Gasteiger partial charge in [-0.1, -0.05) is 50.2 Å². The molecule has 0 spiro atoms. The van der Waals surface area contributed by atoms with Gasteiger partial charge in [-0.2, -0.15) is 0 Å². The SMILES string of the molecule is CCCNC(=O)C(CC)N(Cc1ccccc1)C(=O)CN(c1cc(C)ccc1OC)S(C)(=O)=O. The molecule has 34 heavy (non-hydrogen) atoms. The Hall–Kier alpha value is -3.07. The third kappa shape index (κ3) is 7.21. The van der Waals surface area contributed by atoms with Crippen molar-refractivity contribution in [2.24, 2.45) is 0 Å². The van der Waals surface area contributed by atoms with E-state index in [0.29, 0.717) is 18.7 Å². The van der Waals surface area contributed by atoms with Crippen molar-refractivity contribution in [3.05, 3.63) is 59.7 Å². The minimum atomic E-state index is -3.83. The van der Waals surface area contributed by atoms with Crippen LogP contribution in [-0.4, -0.2) is 57.6 Å². The van der Waals surface area contributed by atoms with Crippen molar-refractivity contribution in [1.29, 1.82) is 0 Å². The molecule has 0 radical (unpaired) electrons. The number of aryl methyl sites for hydroxylation is 1. The van der Waals surface area contributed by atoms with Gasteiger partial charge in [-0.3, -0.25) is 13.9 Å². The van der Waals surface area contributed by atoms with Crippen LogP contribution in [0.25, 0.3) is 0 Å². The summed E-state index contributed by atoms with van der Waals surface area (Å²) in [7, 11) is -2.38. The highest BCUT2D eigenvalue weighted by atomic mass is 32.2. The Bertz CT molecular complexity index is 1070. The van der Waals surface area contributed by atoms with Gasteiger partial charge in [0, 0.05) is 13.1 Å². The number of carbonyl (C=O) groups is 2. The number of amides is 2. The van der Waals surface area contributed by atoms with Crippen LogP contribution in [0.1, 0.15) is 37.8 Å². The van der Waals surface area contributed by atoms with E-state index >= 15 is 0 Å². The lowest BCUT2D eigenvalue weighted by Crippen LogP contribution is -2.52. The zero-order valence-corrected chi connectivity index (χ0v) is 21.4. The molecule has 8 nitrogen and oxygen atoms in total. The molecule has 0 aliphatic rings. The first-order valence-corrected chi connectivity index (χ1v) is 13.2. The van der Waals surface area contributed by atoms with Crippen molar-refractivity contribution >= 4 is 27.5 Å². The lowest BCUT2D eigenvalue weighted by Gasteiger charge is -2.33. The Balaban J connectivity index is 2.47. The van der Waals surface area contributed by atoms with E-state index in [1.165, 1.54) is 12.0 Å². The van der Waals surface area contributed by atoms with E-state index in [1.54, 1.807) is 18.2 Å². The minimum absolute atomic E-state index is 0.181. The molecule has 0 saturated heterocycles. The normalized spacial score (nSPS) is 12.0. The van der Waals surface area contributed by atoms with Crippen LogP contribution in [-0.2, 0) is 26.2 Å². The molecule has 0 aliphatic heterocycles. The molecule has 186 valence electrons. The Labute approximate surface area is 202 Å². The van der Waals surface area contributed by atoms with Crippen molar-refractivity contribution in [1.82, 2.24) is 10.2 Å². The number of anilines is 1. The molecule has 1 atom stereocenters. The van der Waals surface area contributed by atoms with Gasteiger partial charge in [-0.15, -0.1) is 0 Å². The Morgan fingerprint density at radius 2 is 1.76 bits per heavy atom. The molecule has 0 bridgehead atoms. The maximum absolute atomic E-state index is 13.6. The maximum Gasteiger partial charge on any atom is 0.244 e. The predicted octanol–water partition coefficient (Wildman–Crippen LogP) is 3.10. The molecule has 1 N–H and O–H groups in total. The summed E-state index contributed by atoms with van der Waals surface area (Å²) in [6, 6.07) is 13.7. The molecule has 2 amide bonds. The molecule has 2 aromatic rings. The molecule has 0 saturated carbocycles. The second kappa shape index (κ2) is 12.4. The van der Waals surface area contributed by atoms with Gasteiger partial charge in [0.1, 0.15) is 18.3 Å². The summed E-state index contributed by atoms with van der Waals surface area (Å²) in [4.78, 5) is 28.0. The summed E-state index contributed by atoms with van der Waals surface area (Å²) in [5.41, 5.74) is 1.95. The van der Waals surface area contributed by atoms with Gasteiger partial charge in [0.2, 0.25) is 21.8 Å². The second-order valence-corrected chi connectivity index (χ2v) is 10.1. The first-order chi connectivity index (χ1) is 16.1. The number of sulfonamides is 1. The zero-order valence-electron chi connectivity index (χ0n) is 20.6. The van der Waals surface area contributed by atoms with Gasteiger partial charge in [0.05, 0.1) is 19.1 Å². The first-order valence-electron chi connectivity index (χ1n) is 11.4. The number of hydrogen-bond acceptors (Lipinski definition) is 5. The largest absolute Gasteiger partial charge is 0.495 e. The maximum atomic E-state index is 13.6. The standard InChI is InChI=1S/C25H35N3O5S/c1-6-15-26-25(30)21(7-2)27(17-20-11-9-8-10-12-20)24(29)18-28(34(5,31)32)22-16-19(3)13-14-23(22)33-4/h8-14,16,21H,6-7,15,17-18H2,1-5H3,(H,26,30). The first kappa shape index (κ1) is 27.2. The fourth-order valence-corrected chi connectivity index (χ4v) is 4.50. The van der Waals surface area contributed by atoms with Gasteiger partial charge >= 0.3 is 0 Å². The van der Waals surface area contributed by atoms with Crippen LogP contribution in [0.4, 0.5) is 5.69 Å². The van der Waals surface area contributed by atoms with Gasteiger partial charge in [-0.05, 0) is 43.0 Å². The van der Waals surface area contributed by atoms with Crippen LogP contribution in [0, 0.1) is 6.92 Å². The molecular weight excluding hydrogens is 454 g/mol. The van der Waals surface area contributed by atoms with Crippen molar-refractivity contribution in [2.45, 2.75) is 46.2 Å². The average molecular weight is 490 g/mol. The van der Waals surface area contributed by atoms with Gasteiger partial charge in [-0.25, -0.2) is 8.42 Å². The van der Waals surface area contributed by atoms with E-state index in [0.717, 1.165) is 28.1 Å². The number of hydrogen-bond donors (Lipinski definition) is 1. The minimum Gasteiger partial charge on any atom is -0.495 e. The quantitative estimate of drug-likeness (QED) is 0.494. The van der Waals surface area contributed by atoms with E-state index < -0.39 is 28.5 Å². The Morgan fingerprint density at radius 1 is 1.09 bits per heavy atom. The predicted molar refractivity (Wildman–Crippen MR) is 134 cm³/mol. The molecular formula is C25H35N3O5S. The summed E-state index contributed by atoms with van der Waals surface area (Å²) < 4.78 is 31.9.